The van der Waals surface area contributed by atoms with Crippen LogP contribution in [0.1, 0.15) is 136 Å². The normalized spacial score (nSPS) is 29.8. The van der Waals surface area contributed by atoms with Gasteiger partial charge in [0.15, 0.2) is 41.7 Å². The van der Waals surface area contributed by atoms with Crippen LogP contribution in [0.2, 0.25) is 20.1 Å². The van der Waals surface area contributed by atoms with Crippen molar-refractivity contribution in [1.29, 1.82) is 0 Å². The molecule has 21 N–H and O–H groups in total. The molecule has 0 saturated carbocycles. The third kappa shape index (κ3) is 20.6. The Hall–Kier alpha value is -9.46. The number of likely N-dealkylation sites (N-methyl/N-ethyl adjacent to an activating group) is 1. The van der Waals surface area contributed by atoms with Crippen molar-refractivity contribution in [3.63, 3.8) is 0 Å². The third-order valence-corrected chi connectivity index (χ3v) is 25.2. The van der Waals surface area contributed by atoms with Gasteiger partial charge in [-0.3, -0.25) is 33.6 Å². The molecule has 9 heterocycles. The number of ether oxygens (including phenoxy) is 8. The van der Waals surface area contributed by atoms with Crippen LogP contribution in [0.3, 0.4) is 0 Å². The van der Waals surface area contributed by atoms with Crippen LogP contribution in [0.4, 0.5) is 0 Å². The minimum Gasteiger partial charge on any atom is -0.508 e. The summed E-state index contributed by atoms with van der Waals surface area (Å²) in [5, 5.41) is 153. The molecule has 11 bridgehead atoms. The second-order valence-electron chi connectivity index (χ2n) is 32.7. The van der Waals surface area contributed by atoms with Crippen molar-refractivity contribution in [3.8, 4) is 67.6 Å². The van der Waals surface area contributed by atoms with E-state index in [-0.39, 0.29) is 52.6 Å². The predicted octanol–water partition coefficient (Wildman–Crippen LogP) is 5.97. The average Bonchev–Trinajstić information content (AvgIpc) is 0.814. The van der Waals surface area contributed by atoms with Crippen LogP contribution in [0.5, 0.6) is 46.0 Å². The number of aliphatic hydroxyl groups is 8. The predicted molar refractivity (Wildman–Crippen MR) is 450 cm³/mol. The second-order valence-corrected chi connectivity index (χ2v) is 35.6. The fourth-order valence-corrected chi connectivity index (χ4v) is 18.4. The molecule has 6 aromatic carbocycles. The van der Waals surface area contributed by atoms with Crippen LogP contribution in [0.25, 0.3) is 21.6 Å². The Morgan fingerprint density at radius 2 is 1.33 bits per heavy atom. The number of hydrogen-bond acceptors (Lipinski definition) is 30. The summed E-state index contributed by atoms with van der Waals surface area (Å²) in [6.45, 7) is 5.50. The molecule has 5 amide bonds. The molecule has 1 aromatic heterocycles. The van der Waals surface area contributed by atoms with Crippen molar-refractivity contribution in [1.82, 2.24) is 26.6 Å². The summed E-state index contributed by atoms with van der Waals surface area (Å²) in [5.74, 6) is -19.3. The molecule has 2 unspecified atom stereocenters. The van der Waals surface area contributed by atoms with Gasteiger partial charge < -0.3 is 137 Å². The van der Waals surface area contributed by atoms with Gasteiger partial charge in [0, 0.05) is 73.8 Å². The van der Waals surface area contributed by atoms with E-state index in [4.69, 9.17) is 95.8 Å². The molecule has 3 fully saturated rings. The Kier molecular flexibility index (Phi) is 29.3. The first-order chi connectivity index (χ1) is 59.7. The van der Waals surface area contributed by atoms with E-state index in [2.05, 4.69) is 26.6 Å². The van der Waals surface area contributed by atoms with Crippen molar-refractivity contribution in [3.05, 3.63) is 162 Å². The molecule has 0 spiro atoms. The Balaban J connectivity index is 0.964. The Labute approximate surface area is 744 Å². The van der Waals surface area contributed by atoms with Gasteiger partial charge in [-0.15, -0.1) is 11.3 Å². The van der Waals surface area contributed by atoms with Crippen molar-refractivity contribution in [2.75, 3.05) is 13.7 Å². The number of amides is 5. The molecule has 3 saturated heterocycles. The van der Waals surface area contributed by atoms with Gasteiger partial charge in [-0.2, -0.15) is 0 Å². The lowest BCUT2D eigenvalue weighted by molar-refractivity contribution is -0.351. The third-order valence-electron chi connectivity index (χ3n) is 23.0. The summed E-state index contributed by atoms with van der Waals surface area (Å²) in [6, 6.07) is 13.3. The SMILES string of the molecule is CN[C@H](CC(C)C)C(=O)NC1C(=O)C[C@H](CC(N)=O)C(=O)N[C@H]2C(=O)C[C@@H]3C(=O)N[C@H](C(=O)N[C@H](C(=O)O)c4cc(O)cc(O)c4-c4cc3ccc4O)[C@H](OC3C[C@](C)(N)[C@@H](O)[C@H](C)O3)c3ccc(c(Cl)c3)Oc3cc2cc(c3O[C@@H]2O[C@H](CO)[C@@H](O[C@@H]3O[C@H](CCCc4ccc(-c5cc(Cl)cc(Cl)c5)s4)[C@H](O)[C@H](O)[C@H]3O)[C@H](O)[C@H]2O)Oc2ccc(cc2Cl)[C@H]1O. The lowest BCUT2D eigenvalue weighted by atomic mass is 9.84. The summed E-state index contributed by atoms with van der Waals surface area (Å²) >= 11 is 28.6. The summed E-state index contributed by atoms with van der Waals surface area (Å²) in [4.78, 5) is 123. The first kappa shape index (κ1) is 94.2. The zero-order chi connectivity index (χ0) is 91.1. The van der Waals surface area contributed by atoms with Gasteiger partial charge in [-0.1, -0.05) is 78.5 Å². The smallest absolute Gasteiger partial charge is 0.330 e. The Morgan fingerprint density at radius 3 is 1.96 bits per heavy atom. The first-order valence-corrected chi connectivity index (χ1v) is 42.6. The number of Topliss-reactive ketones (excluding diaryl/α,β-unsaturated/α-hetero) is 2. The highest BCUT2D eigenvalue weighted by atomic mass is 35.5. The van der Waals surface area contributed by atoms with E-state index in [1.165, 1.54) is 56.5 Å². The number of carboxylic acids is 1. The zero-order valence-electron chi connectivity index (χ0n) is 68.0. The number of carbonyl (C=O) groups is 8. The van der Waals surface area contributed by atoms with Gasteiger partial charge >= 0.3 is 5.97 Å². The highest BCUT2D eigenvalue weighted by molar-refractivity contribution is 7.15. The molecule has 40 heteroatoms. The standard InChI is InChI=1S/C86H95Cl4N7O28S/c1-33(2)17-50(93-5)81(114)96-67-53(102)23-40(26-62(91)104)79(112)94-65-39-24-58(119-55-14-10-36(69(67)105)21-48(55)89)76(124-85-74(110)72(108)77(60(32-98)122-85)125-84-73(109)71(107)70(106)57(121-84)8-6-7-44-12-16-61(126-44)38-18-41(87)27-42(88)19-38)59(25-39)120-56-15-11-37(22-49(56)90)75(123-63-31-86(4,92)78(111)34(3)118-63)68-82(115)95-66(83(116)117)47-28-43(99)29-52(101)64(47)46-20-35(9-13-51(46)100)45(30-54(65)103)80(113)97-68/h9-16,18-22,24-25,27-29,33-34,40,45,50,57,60,63,65-75,77-78,84-85,93,98-101,105-111H,6-8,17,23,26,30-32,92H2,1-5H3,(H2,91,104)(H,94,112)(H,95,115)(H,96,114)(H,97,113)(H,116,117)/t34-,40+,45-,50+,57+,60+,63?,65+,66-,67?,68-,69+,70-,71-,72+,73+,74+,75+,77+,78-,84-,85-,86-/m0/s1. The number of phenolic OH excluding ortho intramolecular Hbond substituents is 3. The fourth-order valence-electron chi connectivity index (χ4n) is 16.4. The number of nitrogens with two attached hydrogens (primary N) is 2. The average molecular weight is 1850 g/mol. The Bertz CT molecular complexity index is 5280. The van der Waals surface area contributed by atoms with Gasteiger partial charge in [0.25, 0.3) is 0 Å². The van der Waals surface area contributed by atoms with Crippen LogP contribution in [0.15, 0.2) is 109 Å². The number of halogens is 4. The van der Waals surface area contributed by atoms with Crippen molar-refractivity contribution in [2.45, 2.75) is 213 Å². The number of hydrogen-bond donors (Lipinski definition) is 19. The molecule has 0 radical (unpaired) electrons. The number of phenols is 3. The van der Waals surface area contributed by atoms with Crippen molar-refractivity contribution >= 4 is 105 Å². The number of aromatic hydroxyl groups is 3. The summed E-state index contributed by atoms with van der Waals surface area (Å²) < 4.78 is 51.5. The van der Waals surface area contributed by atoms with Crippen molar-refractivity contribution in [2.24, 2.45) is 23.3 Å². The molecule has 0 aliphatic carbocycles. The highest BCUT2D eigenvalue weighted by Gasteiger charge is 2.53. The van der Waals surface area contributed by atoms with E-state index >= 15 is 24.0 Å². The quantitative estimate of drug-likeness (QED) is 0.0418. The number of aliphatic hydroxyl groups excluding tert-OH is 8. The van der Waals surface area contributed by atoms with Crippen LogP contribution in [-0.4, -0.2) is 226 Å². The van der Waals surface area contributed by atoms with Gasteiger partial charge in [0.1, 0.15) is 102 Å². The van der Waals surface area contributed by atoms with E-state index in [0.29, 0.717) is 22.9 Å². The van der Waals surface area contributed by atoms with Gasteiger partial charge in [-0.25, -0.2) is 4.79 Å². The number of carboxylic acid groups (broad SMARTS) is 1. The summed E-state index contributed by atoms with van der Waals surface area (Å²) in [5.41, 5.74) is 9.26. The number of fused-ring (bicyclic) bond motifs is 15. The number of aryl methyl sites for hydroxylation is 1. The van der Waals surface area contributed by atoms with Crippen LogP contribution < -0.4 is 52.3 Å². The van der Waals surface area contributed by atoms with Crippen LogP contribution >= 0.6 is 57.7 Å². The van der Waals surface area contributed by atoms with Crippen LogP contribution in [-0.2, 0) is 68.5 Å². The largest absolute Gasteiger partial charge is 0.508 e. The fraction of sp³-hybridized carbons (Fsp3) is 0.442. The maximum atomic E-state index is 16.6. The van der Waals surface area contributed by atoms with Gasteiger partial charge in [0.05, 0.1) is 52.8 Å². The second kappa shape index (κ2) is 39.2. The van der Waals surface area contributed by atoms with Gasteiger partial charge in [0.2, 0.25) is 41.6 Å². The van der Waals surface area contributed by atoms with Crippen molar-refractivity contribution < 1.29 is 138 Å². The molecule has 8 aliphatic rings. The topological polar surface area (TPSA) is 565 Å². The molecular formula is C86H95Cl4N7O28S. The van der Waals surface area contributed by atoms with E-state index in [9.17, 15) is 75.7 Å². The van der Waals surface area contributed by atoms with Crippen LogP contribution in [0, 0.1) is 11.8 Å². The number of aliphatic carboxylic acids is 1. The number of ketones is 2. The first-order valence-electron chi connectivity index (χ1n) is 40.3. The van der Waals surface area contributed by atoms with E-state index in [1.807, 2.05) is 26.0 Å². The molecule has 7 aromatic rings. The summed E-state index contributed by atoms with van der Waals surface area (Å²) in [6.07, 6.45) is -29.7. The van der Waals surface area contributed by atoms with E-state index < -0.39 is 280 Å². The zero-order valence-corrected chi connectivity index (χ0v) is 71.8. The maximum Gasteiger partial charge on any atom is 0.330 e. The highest BCUT2D eigenvalue weighted by Crippen LogP contribution is 2.51. The number of primary amides is 1. The minimum atomic E-state index is -2.34. The molecule has 126 heavy (non-hydrogen) atoms. The maximum absolute atomic E-state index is 16.6. The number of carbonyl (C=O) groups excluding carboxylic acids is 7. The van der Waals surface area contributed by atoms with E-state index in [1.54, 1.807) is 18.2 Å². The molecule has 23 atom stereocenters. The molecule has 15 rings (SSSR count). The van der Waals surface area contributed by atoms with Gasteiger partial charge in [-0.05, 0) is 165 Å². The monoisotopic (exact) mass is 1850 g/mol. The lowest BCUT2D eigenvalue weighted by Crippen LogP contribution is -2.64. The summed E-state index contributed by atoms with van der Waals surface area (Å²) in [7, 11) is 1.48. The minimum absolute atomic E-state index is 0.0667. The lowest BCUT2D eigenvalue weighted by Gasteiger charge is -2.46. The molecule has 35 nitrogen and oxygen atoms in total. The number of benzene rings is 6. The van der Waals surface area contributed by atoms with E-state index in [0.717, 1.165) is 69.9 Å². The Morgan fingerprint density at radius 1 is 0.675 bits per heavy atom. The molecule has 676 valence electrons. The number of rotatable bonds is 20. The molecular weight excluding hydrogens is 1750 g/mol. The molecule has 8 aliphatic heterocycles. The number of thiophene rings is 1. The number of nitrogens with one attached hydrogen (secondary N) is 5.